The van der Waals surface area contributed by atoms with Gasteiger partial charge in [-0.3, -0.25) is 16.0 Å². The van der Waals surface area contributed by atoms with E-state index in [1.165, 1.54) is 25.7 Å². The average molecular weight is 293 g/mol. The van der Waals surface area contributed by atoms with Crippen LogP contribution >= 0.6 is 0 Å². The Hall–Kier alpha value is -0.940. The molecule has 1 heterocycles. The van der Waals surface area contributed by atoms with E-state index in [4.69, 9.17) is 5.84 Å². The van der Waals surface area contributed by atoms with Crippen molar-refractivity contribution in [3.05, 3.63) is 12.2 Å². The standard InChI is InChI=1S/C16H31N5/c1-5-21-15(18-11-19-21)10-14(20-17)12-6-8-13(9-7-12)16(2,3)4/h11-14,20H,5-10,17H2,1-4H3. The van der Waals surface area contributed by atoms with Gasteiger partial charge in [0.2, 0.25) is 0 Å². The molecular formula is C16H31N5. The van der Waals surface area contributed by atoms with Crippen molar-refractivity contribution in [2.24, 2.45) is 23.1 Å². The lowest BCUT2D eigenvalue weighted by atomic mass is 9.68. The summed E-state index contributed by atoms with van der Waals surface area (Å²) in [6, 6.07) is 0.306. The third-order valence-electron chi connectivity index (χ3n) is 5.18. The summed E-state index contributed by atoms with van der Waals surface area (Å²) in [6.07, 6.45) is 7.66. The number of nitrogens with zero attached hydrogens (tertiary/aromatic N) is 3. The Kier molecular flexibility index (Phi) is 5.38. The van der Waals surface area contributed by atoms with Crippen molar-refractivity contribution in [1.82, 2.24) is 20.2 Å². The summed E-state index contributed by atoms with van der Waals surface area (Å²) in [5.74, 6) is 8.35. The molecule has 1 saturated carbocycles. The maximum absolute atomic E-state index is 5.82. The van der Waals surface area contributed by atoms with Crippen LogP contribution in [0, 0.1) is 17.3 Å². The summed E-state index contributed by atoms with van der Waals surface area (Å²) in [5.41, 5.74) is 3.46. The zero-order valence-electron chi connectivity index (χ0n) is 14.0. The van der Waals surface area contributed by atoms with E-state index in [1.807, 2.05) is 4.68 Å². The van der Waals surface area contributed by atoms with Crippen LogP contribution in [0.2, 0.25) is 0 Å². The molecule has 0 radical (unpaired) electrons. The van der Waals surface area contributed by atoms with Crippen LogP contribution in [0.25, 0.3) is 0 Å². The van der Waals surface area contributed by atoms with Gasteiger partial charge in [0.1, 0.15) is 12.2 Å². The molecule has 21 heavy (non-hydrogen) atoms. The summed E-state index contributed by atoms with van der Waals surface area (Å²) in [5, 5.41) is 4.25. The predicted molar refractivity (Wildman–Crippen MR) is 85.4 cm³/mol. The molecule has 1 fully saturated rings. The maximum Gasteiger partial charge on any atom is 0.138 e. The van der Waals surface area contributed by atoms with Crippen LogP contribution < -0.4 is 11.3 Å². The molecule has 1 aliphatic carbocycles. The molecule has 0 saturated heterocycles. The Morgan fingerprint density at radius 3 is 2.52 bits per heavy atom. The highest BCUT2D eigenvalue weighted by Gasteiger charge is 2.33. The van der Waals surface area contributed by atoms with Gasteiger partial charge in [-0.2, -0.15) is 5.10 Å². The van der Waals surface area contributed by atoms with E-state index in [2.05, 4.69) is 43.2 Å². The number of nitrogens with one attached hydrogen (secondary N) is 1. The first-order valence-corrected chi connectivity index (χ1v) is 8.28. The van der Waals surface area contributed by atoms with Crippen LogP contribution in [0.3, 0.4) is 0 Å². The molecule has 1 atom stereocenters. The minimum atomic E-state index is 0.306. The Balaban J connectivity index is 1.94. The number of hydrazine groups is 1. The fraction of sp³-hybridized carbons (Fsp3) is 0.875. The summed E-state index contributed by atoms with van der Waals surface area (Å²) in [7, 11) is 0. The van der Waals surface area contributed by atoms with Gasteiger partial charge >= 0.3 is 0 Å². The highest BCUT2D eigenvalue weighted by atomic mass is 15.3. The minimum absolute atomic E-state index is 0.306. The SMILES string of the molecule is CCn1ncnc1CC(NN)C1CCC(C(C)(C)C)CC1. The maximum atomic E-state index is 5.82. The molecular weight excluding hydrogens is 262 g/mol. The van der Waals surface area contributed by atoms with E-state index < -0.39 is 0 Å². The first kappa shape index (κ1) is 16.4. The van der Waals surface area contributed by atoms with Crippen LogP contribution in [-0.4, -0.2) is 20.8 Å². The van der Waals surface area contributed by atoms with Crippen molar-refractivity contribution in [1.29, 1.82) is 0 Å². The lowest BCUT2D eigenvalue weighted by molar-refractivity contribution is 0.131. The Morgan fingerprint density at radius 1 is 1.33 bits per heavy atom. The van der Waals surface area contributed by atoms with Crippen molar-refractivity contribution in [2.45, 2.75) is 72.4 Å². The third kappa shape index (κ3) is 4.04. The monoisotopic (exact) mass is 293 g/mol. The van der Waals surface area contributed by atoms with Gasteiger partial charge in [-0.05, 0) is 49.9 Å². The quantitative estimate of drug-likeness (QED) is 0.646. The molecule has 1 aromatic rings. The van der Waals surface area contributed by atoms with Crippen LogP contribution in [0.4, 0.5) is 0 Å². The second kappa shape index (κ2) is 6.88. The Labute approximate surface area is 128 Å². The fourth-order valence-electron chi connectivity index (χ4n) is 3.66. The molecule has 1 aliphatic rings. The molecule has 1 aromatic heterocycles. The van der Waals surface area contributed by atoms with Crippen molar-refractivity contribution in [3.63, 3.8) is 0 Å². The summed E-state index contributed by atoms with van der Waals surface area (Å²) >= 11 is 0. The van der Waals surface area contributed by atoms with Gasteiger partial charge in [-0.25, -0.2) is 4.98 Å². The molecule has 3 N–H and O–H groups in total. The lowest BCUT2D eigenvalue weighted by Gasteiger charge is -2.39. The molecule has 0 amide bonds. The number of aromatic nitrogens is 3. The molecule has 1 unspecified atom stereocenters. The highest BCUT2D eigenvalue weighted by Crippen LogP contribution is 2.40. The van der Waals surface area contributed by atoms with Gasteiger partial charge in [-0.1, -0.05) is 20.8 Å². The molecule has 0 aromatic carbocycles. The molecule has 120 valence electrons. The third-order valence-corrected chi connectivity index (χ3v) is 5.18. The molecule has 0 aliphatic heterocycles. The van der Waals surface area contributed by atoms with Crippen LogP contribution in [-0.2, 0) is 13.0 Å². The van der Waals surface area contributed by atoms with Crippen molar-refractivity contribution in [2.75, 3.05) is 0 Å². The van der Waals surface area contributed by atoms with Gasteiger partial charge in [-0.15, -0.1) is 0 Å². The van der Waals surface area contributed by atoms with Crippen LogP contribution in [0.15, 0.2) is 6.33 Å². The molecule has 0 spiro atoms. The average Bonchev–Trinajstić information content (AvgIpc) is 2.91. The van der Waals surface area contributed by atoms with E-state index in [0.717, 1.165) is 24.7 Å². The largest absolute Gasteiger partial charge is 0.271 e. The first-order chi connectivity index (χ1) is 9.95. The molecule has 2 rings (SSSR count). The number of aryl methyl sites for hydroxylation is 1. The zero-order valence-corrected chi connectivity index (χ0v) is 14.0. The van der Waals surface area contributed by atoms with Gasteiger partial charge < -0.3 is 0 Å². The van der Waals surface area contributed by atoms with E-state index in [-0.39, 0.29) is 0 Å². The number of hydrogen-bond donors (Lipinski definition) is 2. The zero-order chi connectivity index (χ0) is 15.5. The van der Waals surface area contributed by atoms with E-state index in [0.29, 0.717) is 17.4 Å². The van der Waals surface area contributed by atoms with E-state index in [1.54, 1.807) is 6.33 Å². The van der Waals surface area contributed by atoms with Crippen molar-refractivity contribution in [3.8, 4) is 0 Å². The molecule has 5 nitrogen and oxygen atoms in total. The van der Waals surface area contributed by atoms with Crippen molar-refractivity contribution < 1.29 is 0 Å². The van der Waals surface area contributed by atoms with Crippen LogP contribution in [0.1, 0.15) is 59.2 Å². The molecule has 0 bridgehead atoms. The predicted octanol–water partition coefficient (Wildman–Crippen LogP) is 2.52. The smallest absolute Gasteiger partial charge is 0.138 e. The Bertz CT molecular complexity index is 426. The first-order valence-electron chi connectivity index (χ1n) is 8.28. The van der Waals surface area contributed by atoms with Crippen LogP contribution in [0.5, 0.6) is 0 Å². The minimum Gasteiger partial charge on any atom is -0.271 e. The van der Waals surface area contributed by atoms with Gasteiger partial charge in [0.25, 0.3) is 0 Å². The van der Waals surface area contributed by atoms with Gasteiger partial charge in [0.15, 0.2) is 0 Å². The molecule has 5 heteroatoms. The number of nitrogens with two attached hydrogens (primary N) is 1. The van der Waals surface area contributed by atoms with E-state index in [9.17, 15) is 0 Å². The summed E-state index contributed by atoms with van der Waals surface area (Å²) in [6.45, 7) is 10.0. The van der Waals surface area contributed by atoms with Gasteiger partial charge in [0, 0.05) is 19.0 Å². The highest BCUT2D eigenvalue weighted by molar-refractivity contribution is 4.93. The van der Waals surface area contributed by atoms with Crippen molar-refractivity contribution >= 4 is 0 Å². The normalized spacial score (nSPS) is 25.0. The summed E-state index contributed by atoms with van der Waals surface area (Å²) < 4.78 is 1.96. The Morgan fingerprint density at radius 2 is 2.00 bits per heavy atom. The van der Waals surface area contributed by atoms with Gasteiger partial charge in [0.05, 0.1) is 0 Å². The fourth-order valence-corrected chi connectivity index (χ4v) is 3.66. The van der Waals surface area contributed by atoms with E-state index >= 15 is 0 Å². The summed E-state index contributed by atoms with van der Waals surface area (Å²) in [4.78, 5) is 4.38. The topological polar surface area (TPSA) is 68.8 Å². The number of rotatable bonds is 5. The number of hydrogen-bond acceptors (Lipinski definition) is 4. The second-order valence-corrected chi connectivity index (χ2v) is 7.45. The second-order valence-electron chi connectivity index (χ2n) is 7.45. The lowest BCUT2D eigenvalue weighted by Crippen LogP contribution is -2.44.